The Bertz CT molecular complexity index is 1310. The molecular weight excluding hydrogens is 406 g/mol. The molecule has 3 heterocycles. The summed E-state index contributed by atoms with van der Waals surface area (Å²) in [5.41, 5.74) is 3.33. The number of hydrogen-bond donors (Lipinski definition) is 2. The smallest absolute Gasteiger partial charge is 0.306 e. The van der Waals surface area contributed by atoms with E-state index in [4.69, 9.17) is 4.74 Å². The molecule has 0 bridgehead atoms. The van der Waals surface area contributed by atoms with Gasteiger partial charge in [0.05, 0.1) is 19.1 Å². The summed E-state index contributed by atoms with van der Waals surface area (Å²) < 4.78 is 6.49. The van der Waals surface area contributed by atoms with Crippen molar-refractivity contribution in [2.75, 3.05) is 7.11 Å². The number of carbonyl (C=O) groups is 1. The normalized spacial score (nSPS) is 12.1. The largest absolute Gasteiger partial charge is 0.507 e. The van der Waals surface area contributed by atoms with Gasteiger partial charge < -0.3 is 19.4 Å². The standard InChI is InChI=1S/C25H25N3O4/c1-16-12-22(29)24(20(13-23(30)32-2)17-6-5-10-26-14-17)25(31)28(16)11-9-18-15-27-21-8-4-3-7-19(18)21/h3-8,10,12,14-15,20,27,29H,9,11,13H2,1-2H3/t20-/m1/s1. The van der Waals surface area contributed by atoms with Crippen molar-refractivity contribution in [2.45, 2.75) is 32.2 Å². The number of aromatic hydroxyl groups is 1. The molecule has 0 saturated carbocycles. The highest BCUT2D eigenvalue weighted by Gasteiger charge is 2.26. The number of aromatic nitrogens is 3. The molecule has 1 aromatic carbocycles. The number of aromatic amines is 1. The zero-order chi connectivity index (χ0) is 22.7. The number of H-pyrrole nitrogens is 1. The number of ether oxygens (including phenoxy) is 1. The first-order valence-electron chi connectivity index (χ1n) is 10.4. The Kier molecular flexibility index (Phi) is 6.07. The molecule has 0 saturated heterocycles. The third-order valence-electron chi connectivity index (χ3n) is 5.84. The van der Waals surface area contributed by atoms with Crippen molar-refractivity contribution < 1.29 is 14.6 Å². The zero-order valence-electron chi connectivity index (χ0n) is 18.0. The topological polar surface area (TPSA) is 97.2 Å². The molecule has 3 aromatic heterocycles. The molecule has 1 atom stereocenters. The number of nitrogens with one attached hydrogen (secondary N) is 1. The molecule has 0 radical (unpaired) electrons. The molecule has 0 aliphatic rings. The third-order valence-corrected chi connectivity index (χ3v) is 5.84. The predicted octanol–water partition coefficient (Wildman–Crippen LogP) is 3.68. The van der Waals surface area contributed by atoms with E-state index in [1.807, 2.05) is 30.5 Å². The van der Waals surface area contributed by atoms with Gasteiger partial charge in [-0.05, 0) is 42.7 Å². The van der Waals surface area contributed by atoms with Crippen LogP contribution in [0.5, 0.6) is 5.75 Å². The molecule has 0 spiro atoms. The van der Waals surface area contributed by atoms with Gasteiger partial charge in [0.2, 0.25) is 0 Å². The van der Waals surface area contributed by atoms with Gasteiger partial charge >= 0.3 is 5.97 Å². The molecule has 0 aliphatic carbocycles. The van der Waals surface area contributed by atoms with Gasteiger partial charge in [0.15, 0.2) is 0 Å². The Morgan fingerprint density at radius 1 is 1.25 bits per heavy atom. The third kappa shape index (κ3) is 4.14. The van der Waals surface area contributed by atoms with Crippen molar-refractivity contribution in [1.29, 1.82) is 0 Å². The van der Waals surface area contributed by atoms with Gasteiger partial charge in [-0.2, -0.15) is 0 Å². The number of esters is 1. The van der Waals surface area contributed by atoms with E-state index in [-0.39, 0.29) is 23.3 Å². The minimum atomic E-state index is -0.663. The van der Waals surface area contributed by atoms with Gasteiger partial charge in [-0.3, -0.25) is 14.6 Å². The number of aryl methyl sites for hydroxylation is 2. The molecule has 0 fully saturated rings. The number of para-hydroxylation sites is 1. The quantitative estimate of drug-likeness (QED) is 0.435. The summed E-state index contributed by atoms with van der Waals surface area (Å²) in [4.78, 5) is 33.0. The number of benzene rings is 1. The van der Waals surface area contributed by atoms with Crippen LogP contribution in [0.1, 0.15) is 34.7 Å². The molecule has 4 rings (SSSR count). The van der Waals surface area contributed by atoms with E-state index in [2.05, 4.69) is 9.97 Å². The zero-order valence-corrected chi connectivity index (χ0v) is 18.0. The minimum Gasteiger partial charge on any atom is -0.507 e. The number of rotatable bonds is 7. The van der Waals surface area contributed by atoms with Crippen molar-refractivity contribution in [3.63, 3.8) is 0 Å². The average molecular weight is 431 g/mol. The molecule has 4 aromatic rings. The van der Waals surface area contributed by atoms with Crippen LogP contribution in [-0.2, 0) is 22.5 Å². The highest BCUT2D eigenvalue weighted by atomic mass is 16.5. The molecule has 164 valence electrons. The maximum atomic E-state index is 13.5. The molecule has 7 heteroatoms. The van der Waals surface area contributed by atoms with E-state index >= 15 is 0 Å². The van der Waals surface area contributed by atoms with E-state index in [1.165, 1.54) is 7.11 Å². The lowest BCUT2D eigenvalue weighted by Gasteiger charge is -2.20. The summed E-state index contributed by atoms with van der Waals surface area (Å²) in [5.74, 6) is -1.26. The summed E-state index contributed by atoms with van der Waals surface area (Å²) in [5, 5.41) is 11.8. The lowest BCUT2D eigenvalue weighted by atomic mass is 9.89. The molecular formula is C25H25N3O4. The van der Waals surface area contributed by atoms with E-state index in [0.29, 0.717) is 24.2 Å². The van der Waals surface area contributed by atoms with Gasteiger partial charge in [0.1, 0.15) is 5.75 Å². The van der Waals surface area contributed by atoms with Gasteiger partial charge in [-0.25, -0.2) is 0 Å². The first kappa shape index (κ1) is 21.4. The van der Waals surface area contributed by atoms with Crippen LogP contribution in [0.15, 0.2) is 65.8 Å². The van der Waals surface area contributed by atoms with Gasteiger partial charge in [-0.15, -0.1) is 0 Å². The summed E-state index contributed by atoms with van der Waals surface area (Å²) in [6.07, 6.45) is 5.75. The summed E-state index contributed by atoms with van der Waals surface area (Å²) in [7, 11) is 1.30. The fraction of sp³-hybridized carbons (Fsp3) is 0.240. The fourth-order valence-corrected chi connectivity index (χ4v) is 4.16. The first-order valence-corrected chi connectivity index (χ1v) is 10.4. The Labute approximate surface area is 185 Å². The lowest BCUT2D eigenvalue weighted by Crippen LogP contribution is -2.29. The highest BCUT2D eigenvalue weighted by molar-refractivity contribution is 5.83. The Hall–Kier alpha value is -3.87. The number of carbonyl (C=O) groups excluding carboxylic acids is 1. The average Bonchev–Trinajstić information content (AvgIpc) is 3.21. The number of methoxy groups -OCH3 is 1. The van der Waals surface area contributed by atoms with Crippen molar-refractivity contribution in [1.82, 2.24) is 14.5 Å². The number of pyridine rings is 2. The summed E-state index contributed by atoms with van der Waals surface area (Å²) in [6.45, 7) is 2.23. The Morgan fingerprint density at radius 3 is 2.81 bits per heavy atom. The number of hydrogen-bond acceptors (Lipinski definition) is 5. The van der Waals surface area contributed by atoms with Crippen LogP contribution in [0.4, 0.5) is 0 Å². The minimum absolute atomic E-state index is 0.0729. The SMILES string of the molecule is COC(=O)C[C@H](c1cccnc1)c1c(O)cc(C)n(CCc2c[nH]c3ccccc23)c1=O. The van der Waals surface area contributed by atoms with Crippen LogP contribution >= 0.6 is 0 Å². The maximum absolute atomic E-state index is 13.5. The molecule has 0 amide bonds. The van der Waals surface area contributed by atoms with Crippen LogP contribution in [-0.4, -0.2) is 32.7 Å². The monoisotopic (exact) mass is 431 g/mol. The van der Waals surface area contributed by atoms with E-state index in [0.717, 1.165) is 16.5 Å². The Balaban J connectivity index is 1.73. The molecule has 0 aliphatic heterocycles. The number of fused-ring (bicyclic) bond motifs is 1. The highest BCUT2D eigenvalue weighted by Crippen LogP contribution is 2.32. The van der Waals surface area contributed by atoms with Crippen LogP contribution in [0, 0.1) is 6.92 Å². The molecule has 0 unspecified atom stereocenters. The predicted molar refractivity (Wildman–Crippen MR) is 122 cm³/mol. The second-order valence-corrected chi connectivity index (χ2v) is 7.77. The second kappa shape index (κ2) is 9.09. The van der Waals surface area contributed by atoms with E-state index in [1.54, 1.807) is 42.1 Å². The van der Waals surface area contributed by atoms with Crippen LogP contribution < -0.4 is 5.56 Å². The molecule has 32 heavy (non-hydrogen) atoms. The second-order valence-electron chi connectivity index (χ2n) is 7.77. The van der Waals surface area contributed by atoms with Crippen LogP contribution in [0.3, 0.4) is 0 Å². The first-order chi connectivity index (χ1) is 15.5. The van der Waals surface area contributed by atoms with Gasteiger partial charge in [0, 0.05) is 47.7 Å². The number of nitrogens with zero attached hydrogens (tertiary/aromatic N) is 2. The molecule has 2 N–H and O–H groups in total. The van der Waals surface area contributed by atoms with Crippen molar-refractivity contribution >= 4 is 16.9 Å². The van der Waals surface area contributed by atoms with Crippen molar-refractivity contribution in [2.24, 2.45) is 0 Å². The molecule has 7 nitrogen and oxygen atoms in total. The van der Waals surface area contributed by atoms with E-state index < -0.39 is 11.9 Å². The van der Waals surface area contributed by atoms with E-state index in [9.17, 15) is 14.7 Å². The fourth-order valence-electron chi connectivity index (χ4n) is 4.16. The van der Waals surface area contributed by atoms with Crippen molar-refractivity contribution in [3.8, 4) is 5.75 Å². The van der Waals surface area contributed by atoms with Crippen molar-refractivity contribution in [3.05, 3.63) is 93.8 Å². The van der Waals surface area contributed by atoms with Crippen LogP contribution in [0.25, 0.3) is 10.9 Å². The summed E-state index contributed by atoms with van der Waals surface area (Å²) >= 11 is 0. The van der Waals surface area contributed by atoms with Gasteiger partial charge in [0.25, 0.3) is 5.56 Å². The summed E-state index contributed by atoms with van der Waals surface area (Å²) in [6, 6.07) is 13.1. The Morgan fingerprint density at radius 2 is 2.06 bits per heavy atom. The van der Waals surface area contributed by atoms with Crippen LogP contribution in [0.2, 0.25) is 0 Å². The van der Waals surface area contributed by atoms with Gasteiger partial charge in [-0.1, -0.05) is 24.3 Å². The maximum Gasteiger partial charge on any atom is 0.306 e. The lowest BCUT2D eigenvalue weighted by molar-refractivity contribution is -0.140.